The molecule has 3 aromatic carbocycles. The van der Waals surface area contributed by atoms with Gasteiger partial charge in [-0.25, -0.2) is 4.79 Å². The zero-order valence-electron chi connectivity index (χ0n) is 17.5. The highest BCUT2D eigenvalue weighted by molar-refractivity contribution is 5.99. The third-order valence-corrected chi connectivity index (χ3v) is 5.51. The summed E-state index contributed by atoms with van der Waals surface area (Å²) in [5.41, 5.74) is 12.0. The topological polar surface area (TPSA) is 105 Å². The van der Waals surface area contributed by atoms with Crippen LogP contribution in [0.5, 0.6) is 0 Å². The monoisotopic (exact) mass is 412 g/mol. The lowest BCUT2D eigenvalue weighted by atomic mass is 9.92. The predicted molar refractivity (Wildman–Crippen MR) is 123 cm³/mol. The van der Waals surface area contributed by atoms with Crippen LogP contribution in [0.15, 0.2) is 60.7 Å². The highest BCUT2D eigenvalue weighted by Gasteiger charge is 2.17. The summed E-state index contributed by atoms with van der Waals surface area (Å²) in [4.78, 5) is 11.9. The van der Waals surface area contributed by atoms with E-state index in [0.717, 1.165) is 33.3 Å². The minimum atomic E-state index is -0.939. The molecule has 0 fully saturated rings. The van der Waals surface area contributed by atoms with E-state index < -0.39 is 5.97 Å². The second kappa shape index (κ2) is 8.07. The molecule has 0 aliphatic carbocycles. The van der Waals surface area contributed by atoms with Gasteiger partial charge in [0.15, 0.2) is 0 Å². The van der Waals surface area contributed by atoms with E-state index in [2.05, 4.69) is 0 Å². The molecule has 0 spiro atoms. The van der Waals surface area contributed by atoms with Crippen LogP contribution in [0.1, 0.15) is 39.7 Å². The van der Waals surface area contributed by atoms with Crippen LogP contribution in [0.25, 0.3) is 22.0 Å². The van der Waals surface area contributed by atoms with Crippen molar-refractivity contribution < 1.29 is 9.90 Å². The van der Waals surface area contributed by atoms with Gasteiger partial charge in [0.25, 0.3) is 0 Å². The number of carbonyl (C=O) groups is 1. The third-order valence-electron chi connectivity index (χ3n) is 5.51. The number of aromatic nitrogens is 2. The Labute approximate surface area is 180 Å². The van der Waals surface area contributed by atoms with Gasteiger partial charge in [0, 0.05) is 23.9 Å². The summed E-state index contributed by atoms with van der Waals surface area (Å²) < 4.78 is 1.91. The molecule has 4 rings (SSSR count). The average molecular weight is 412 g/mol. The maximum absolute atomic E-state index is 11.9. The number of aryl methyl sites for hydroxylation is 2. The van der Waals surface area contributed by atoms with Gasteiger partial charge in [-0.15, -0.1) is 0 Å². The van der Waals surface area contributed by atoms with Gasteiger partial charge in [0.05, 0.1) is 16.8 Å². The lowest BCUT2D eigenvalue weighted by Gasteiger charge is -2.12. The highest BCUT2D eigenvalue weighted by Crippen LogP contribution is 2.31. The smallest absolute Gasteiger partial charge is 0.336 e. The largest absolute Gasteiger partial charge is 0.478 e. The number of hydrogen-bond donors (Lipinski definition) is 3. The second-order valence-corrected chi connectivity index (χ2v) is 7.60. The van der Waals surface area contributed by atoms with E-state index in [9.17, 15) is 9.90 Å². The highest BCUT2D eigenvalue weighted by atomic mass is 16.4. The van der Waals surface area contributed by atoms with Crippen LogP contribution in [-0.4, -0.2) is 26.7 Å². The van der Waals surface area contributed by atoms with Gasteiger partial charge in [-0.2, -0.15) is 5.10 Å². The molecular formula is C25H24N4O2. The number of nitrogens with two attached hydrogens (primary N) is 1. The molecule has 31 heavy (non-hydrogen) atoms. The summed E-state index contributed by atoms with van der Waals surface area (Å²) in [5.74, 6) is -0.913. The molecule has 0 unspecified atom stereocenters. The molecule has 0 radical (unpaired) electrons. The molecule has 0 aliphatic rings. The first-order valence-electron chi connectivity index (χ1n) is 10.1. The Bertz CT molecular complexity index is 1320. The Morgan fingerprint density at radius 2 is 1.87 bits per heavy atom. The first-order valence-corrected chi connectivity index (χ1v) is 10.1. The quantitative estimate of drug-likeness (QED) is 0.318. The Balaban J connectivity index is 1.84. The van der Waals surface area contributed by atoms with Crippen molar-refractivity contribution in [2.24, 2.45) is 5.73 Å². The van der Waals surface area contributed by atoms with Gasteiger partial charge in [-0.1, -0.05) is 54.1 Å². The van der Waals surface area contributed by atoms with Crippen LogP contribution >= 0.6 is 0 Å². The molecule has 0 saturated carbocycles. The second-order valence-electron chi connectivity index (χ2n) is 7.60. The zero-order valence-corrected chi connectivity index (χ0v) is 17.5. The number of nitrogens with zero attached hydrogens (tertiary/aromatic N) is 2. The number of nitrogen functional groups attached to an aromatic ring is 1. The maximum Gasteiger partial charge on any atom is 0.336 e. The van der Waals surface area contributed by atoms with Crippen LogP contribution in [0.3, 0.4) is 0 Å². The van der Waals surface area contributed by atoms with E-state index in [1.165, 1.54) is 0 Å². The van der Waals surface area contributed by atoms with Gasteiger partial charge < -0.3 is 10.8 Å². The molecular weight excluding hydrogens is 388 g/mol. The summed E-state index contributed by atoms with van der Waals surface area (Å²) in [5, 5.41) is 23.3. The van der Waals surface area contributed by atoms with Gasteiger partial charge in [-0.3, -0.25) is 10.1 Å². The van der Waals surface area contributed by atoms with E-state index in [1.807, 2.05) is 73.1 Å². The van der Waals surface area contributed by atoms with E-state index in [0.29, 0.717) is 29.7 Å². The number of hydrogen-bond acceptors (Lipinski definition) is 3. The summed E-state index contributed by atoms with van der Waals surface area (Å²) in [6.45, 7) is 4.61. The van der Waals surface area contributed by atoms with Crippen LogP contribution in [0.2, 0.25) is 0 Å². The minimum Gasteiger partial charge on any atom is -0.478 e. The number of amidine groups is 1. The van der Waals surface area contributed by atoms with Crippen LogP contribution < -0.4 is 5.73 Å². The summed E-state index contributed by atoms with van der Waals surface area (Å²) in [7, 11) is 0. The fourth-order valence-corrected chi connectivity index (χ4v) is 3.97. The number of carboxylic acid groups (broad SMARTS) is 1. The van der Waals surface area contributed by atoms with Crippen LogP contribution in [0, 0.1) is 12.3 Å². The molecule has 6 nitrogen and oxygen atoms in total. The van der Waals surface area contributed by atoms with Crippen molar-refractivity contribution >= 4 is 22.7 Å². The number of fused-ring (bicyclic) bond motifs is 1. The lowest BCUT2D eigenvalue weighted by molar-refractivity contribution is 0.0697. The van der Waals surface area contributed by atoms with Crippen molar-refractivity contribution in [2.45, 2.75) is 26.8 Å². The molecule has 4 aromatic rings. The molecule has 6 heteroatoms. The number of nitrogens with one attached hydrogen (secondary N) is 1. The van der Waals surface area contributed by atoms with Crippen LogP contribution in [-0.2, 0) is 13.0 Å². The van der Waals surface area contributed by atoms with E-state index >= 15 is 0 Å². The maximum atomic E-state index is 11.9. The summed E-state index contributed by atoms with van der Waals surface area (Å²) >= 11 is 0. The molecule has 1 aromatic heterocycles. The molecule has 156 valence electrons. The molecule has 1 heterocycles. The normalized spacial score (nSPS) is 11.0. The van der Waals surface area contributed by atoms with Crippen molar-refractivity contribution in [3.8, 4) is 11.1 Å². The Morgan fingerprint density at radius 3 is 2.58 bits per heavy atom. The van der Waals surface area contributed by atoms with Crippen molar-refractivity contribution in [1.82, 2.24) is 9.78 Å². The molecule has 4 N–H and O–H groups in total. The SMILES string of the molecule is CCn1nc(Cc2ccccc2-c2ccc(C)cc2C(=O)O)c2ccc(C(=N)N)cc21. The van der Waals surface area contributed by atoms with Gasteiger partial charge >= 0.3 is 5.97 Å². The summed E-state index contributed by atoms with van der Waals surface area (Å²) in [6.07, 6.45) is 0.562. The third kappa shape index (κ3) is 3.80. The zero-order chi connectivity index (χ0) is 22.1. The predicted octanol–water partition coefficient (Wildman–Crippen LogP) is 4.60. The lowest BCUT2D eigenvalue weighted by Crippen LogP contribution is -2.10. The van der Waals surface area contributed by atoms with Crippen molar-refractivity contribution in [3.63, 3.8) is 0 Å². The Hall–Kier alpha value is -3.93. The van der Waals surface area contributed by atoms with Crippen LogP contribution in [0.4, 0.5) is 0 Å². The van der Waals surface area contributed by atoms with Gasteiger partial charge in [0.2, 0.25) is 0 Å². The average Bonchev–Trinajstić information content (AvgIpc) is 3.11. The number of benzene rings is 3. The fourth-order valence-electron chi connectivity index (χ4n) is 3.97. The van der Waals surface area contributed by atoms with Gasteiger partial charge in [0.1, 0.15) is 5.84 Å². The van der Waals surface area contributed by atoms with E-state index in [4.69, 9.17) is 16.2 Å². The molecule has 0 aliphatic heterocycles. The number of rotatable bonds is 6. The first kappa shape index (κ1) is 20.3. The fraction of sp³-hybridized carbons (Fsp3) is 0.160. The summed E-state index contributed by atoms with van der Waals surface area (Å²) in [6, 6.07) is 19.1. The standard InChI is InChI=1S/C25H24N4O2/c1-3-29-23-14-17(24(26)27)9-11-20(23)22(28-29)13-16-6-4-5-7-18(16)19-10-8-15(2)12-21(19)25(30)31/h4-12,14H,3,13H2,1-2H3,(H3,26,27)(H,30,31). The van der Waals surface area contributed by atoms with E-state index in [-0.39, 0.29) is 5.84 Å². The van der Waals surface area contributed by atoms with Crippen molar-refractivity contribution in [3.05, 3.63) is 88.6 Å². The number of carboxylic acids is 1. The first-order chi connectivity index (χ1) is 14.9. The number of aromatic carboxylic acids is 1. The molecule has 0 amide bonds. The molecule has 0 bridgehead atoms. The minimum absolute atomic E-state index is 0.0261. The van der Waals surface area contributed by atoms with Crippen molar-refractivity contribution in [2.75, 3.05) is 0 Å². The Morgan fingerprint density at radius 1 is 1.10 bits per heavy atom. The molecule has 0 saturated heterocycles. The Kier molecular flexibility index (Phi) is 5.29. The van der Waals surface area contributed by atoms with Gasteiger partial charge in [-0.05, 0) is 42.7 Å². The van der Waals surface area contributed by atoms with Crippen molar-refractivity contribution in [1.29, 1.82) is 5.41 Å². The molecule has 0 atom stereocenters. The van der Waals surface area contributed by atoms with E-state index in [1.54, 1.807) is 6.07 Å².